The summed E-state index contributed by atoms with van der Waals surface area (Å²) >= 11 is 0. The lowest BCUT2D eigenvalue weighted by molar-refractivity contribution is -0.144. The van der Waals surface area contributed by atoms with Crippen LogP contribution in [0, 0.1) is 0 Å². The van der Waals surface area contributed by atoms with E-state index in [1.807, 2.05) is 0 Å². The van der Waals surface area contributed by atoms with Crippen molar-refractivity contribution in [2.75, 3.05) is 0 Å². The summed E-state index contributed by atoms with van der Waals surface area (Å²) in [6.07, 6.45) is -0.553. The van der Waals surface area contributed by atoms with E-state index in [1.54, 1.807) is 12.1 Å². The summed E-state index contributed by atoms with van der Waals surface area (Å²) in [5.74, 6) is -3.88. The van der Waals surface area contributed by atoms with Crippen molar-refractivity contribution in [1.82, 2.24) is 10.6 Å². The maximum absolute atomic E-state index is 12.4. The van der Waals surface area contributed by atoms with Crippen molar-refractivity contribution in [3.63, 3.8) is 0 Å². The summed E-state index contributed by atoms with van der Waals surface area (Å²) in [6.45, 7) is 2.76. The van der Waals surface area contributed by atoms with Crippen LogP contribution in [-0.4, -0.2) is 56.7 Å². The average molecular weight is 395 g/mol. The molecule has 10 heteroatoms. The molecule has 0 unspecified atom stereocenters. The number of nitrogens with one attached hydrogen (secondary N) is 2. The van der Waals surface area contributed by atoms with Crippen LogP contribution in [0.3, 0.4) is 0 Å². The normalized spacial score (nSPS) is 13.2. The molecule has 2 atom stereocenters. The minimum Gasteiger partial charge on any atom is -0.508 e. The van der Waals surface area contributed by atoms with E-state index in [9.17, 15) is 24.3 Å². The molecule has 0 spiro atoms. The number of carboxylic acids is 2. The van der Waals surface area contributed by atoms with Gasteiger partial charge in [-0.2, -0.15) is 0 Å². The lowest BCUT2D eigenvalue weighted by Gasteiger charge is -2.28. The SMILES string of the molecule is CC(C)(NC(=O)[C@@H](N)Cc1ccc(O)cc1)C(=O)N[C@@H](CCC(=O)O)C(=O)O. The molecule has 0 aliphatic rings. The molecule has 0 saturated heterocycles. The number of hydrogen-bond donors (Lipinski definition) is 6. The third kappa shape index (κ3) is 7.23. The summed E-state index contributed by atoms with van der Waals surface area (Å²) in [5, 5.41) is 31.7. The molecule has 0 aliphatic carbocycles. The van der Waals surface area contributed by atoms with Gasteiger partial charge in [0, 0.05) is 6.42 Å². The Balaban J connectivity index is 2.69. The minimum absolute atomic E-state index is 0.0791. The number of hydrogen-bond acceptors (Lipinski definition) is 6. The first-order chi connectivity index (χ1) is 12.9. The summed E-state index contributed by atoms with van der Waals surface area (Å²) < 4.78 is 0. The zero-order valence-electron chi connectivity index (χ0n) is 15.6. The van der Waals surface area contributed by atoms with E-state index in [1.165, 1.54) is 26.0 Å². The predicted octanol–water partition coefficient (Wildman–Crippen LogP) is -0.409. The molecule has 0 aliphatic heterocycles. The molecule has 0 bridgehead atoms. The van der Waals surface area contributed by atoms with Crippen molar-refractivity contribution in [3.8, 4) is 5.75 Å². The highest BCUT2D eigenvalue weighted by Crippen LogP contribution is 2.12. The molecule has 0 aromatic heterocycles. The molecule has 0 fully saturated rings. The van der Waals surface area contributed by atoms with Gasteiger partial charge in [0.2, 0.25) is 11.8 Å². The maximum Gasteiger partial charge on any atom is 0.326 e. The number of carbonyl (C=O) groups is 4. The Morgan fingerprint density at radius 1 is 1.11 bits per heavy atom. The van der Waals surface area contributed by atoms with Gasteiger partial charge in [-0.1, -0.05) is 12.1 Å². The Morgan fingerprint density at radius 2 is 1.68 bits per heavy atom. The Morgan fingerprint density at radius 3 is 2.18 bits per heavy atom. The number of rotatable bonds is 10. The van der Waals surface area contributed by atoms with Crippen molar-refractivity contribution in [1.29, 1.82) is 0 Å². The third-order valence-corrected chi connectivity index (χ3v) is 3.98. The van der Waals surface area contributed by atoms with Gasteiger partial charge in [-0.25, -0.2) is 4.79 Å². The van der Waals surface area contributed by atoms with Crippen molar-refractivity contribution in [2.24, 2.45) is 5.73 Å². The van der Waals surface area contributed by atoms with E-state index >= 15 is 0 Å². The molecule has 1 rings (SSSR count). The Hall–Kier alpha value is -3.14. The monoisotopic (exact) mass is 395 g/mol. The van der Waals surface area contributed by atoms with Crippen LogP contribution in [0.25, 0.3) is 0 Å². The lowest BCUT2D eigenvalue weighted by Crippen LogP contribution is -2.60. The number of phenolic OH excluding ortho intramolecular Hbond substituents is 1. The number of carbonyl (C=O) groups excluding carboxylic acids is 2. The zero-order chi connectivity index (χ0) is 21.5. The van der Waals surface area contributed by atoms with Gasteiger partial charge < -0.3 is 31.7 Å². The fourth-order valence-electron chi connectivity index (χ4n) is 2.30. The zero-order valence-corrected chi connectivity index (χ0v) is 15.6. The van der Waals surface area contributed by atoms with Crippen molar-refractivity contribution in [2.45, 2.75) is 50.7 Å². The molecule has 10 nitrogen and oxygen atoms in total. The highest BCUT2D eigenvalue weighted by atomic mass is 16.4. The second kappa shape index (κ2) is 9.70. The van der Waals surface area contributed by atoms with E-state index in [2.05, 4.69) is 10.6 Å². The number of benzene rings is 1. The smallest absolute Gasteiger partial charge is 0.326 e. The topological polar surface area (TPSA) is 179 Å². The fourth-order valence-corrected chi connectivity index (χ4v) is 2.30. The molecule has 2 amide bonds. The van der Waals surface area contributed by atoms with E-state index in [0.717, 1.165) is 0 Å². The molecule has 1 aromatic carbocycles. The Labute approximate surface area is 161 Å². The van der Waals surface area contributed by atoms with Crippen molar-refractivity contribution < 1.29 is 34.5 Å². The maximum atomic E-state index is 12.4. The molecular formula is C18H25N3O7. The Kier molecular flexibility index (Phi) is 7.93. The number of aliphatic carboxylic acids is 2. The van der Waals surface area contributed by atoms with Crippen LogP contribution in [0.2, 0.25) is 0 Å². The van der Waals surface area contributed by atoms with Gasteiger partial charge >= 0.3 is 11.9 Å². The number of nitrogens with two attached hydrogens (primary N) is 1. The van der Waals surface area contributed by atoms with Crippen LogP contribution >= 0.6 is 0 Å². The highest BCUT2D eigenvalue weighted by Gasteiger charge is 2.34. The number of amides is 2. The van der Waals surface area contributed by atoms with Crippen LogP contribution in [0.4, 0.5) is 0 Å². The molecule has 0 radical (unpaired) electrons. The van der Waals surface area contributed by atoms with Crippen molar-refractivity contribution >= 4 is 23.8 Å². The van der Waals surface area contributed by atoms with Crippen LogP contribution in [-0.2, 0) is 25.6 Å². The first-order valence-corrected chi connectivity index (χ1v) is 8.53. The van der Waals surface area contributed by atoms with Crippen LogP contribution < -0.4 is 16.4 Å². The summed E-state index contributed by atoms with van der Waals surface area (Å²) in [5.41, 5.74) is 5.10. The third-order valence-electron chi connectivity index (χ3n) is 3.98. The first-order valence-electron chi connectivity index (χ1n) is 8.53. The number of aromatic hydroxyl groups is 1. The van der Waals surface area contributed by atoms with Crippen LogP contribution in [0.15, 0.2) is 24.3 Å². The van der Waals surface area contributed by atoms with E-state index in [0.29, 0.717) is 5.56 Å². The van der Waals surface area contributed by atoms with Crippen LogP contribution in [0.1, 0.15) is 32.3 Å². The van der Waals surface area contributed by atoms with Gasteiger partial charge in [-0.15, -0.1) is 0 Å². The summed E-state index contributed by atoms with van der Waals surface area (Å²) in [6, 6.07) is 3.77. The fraction of sp³-hybridized carbons (Fsp3) is 0.444. The molecule has 1 aromatic rings. The van der Waals surface area contributed by atoms with Gasteiger partial charge in [0.05, 0.1) is 6.04 Å². The summed E-state index contributed by atoms with van der Waals surface area (Å²) in [4.78, 5) is 46.5. The van der Waals surface area contributed by atoms with Gasteiger partial charge in [0.1, 0.15) is 17.3 Å². The molecule has 0 saturated carbocycles. The molecule has 28 heavy (non-hydrogen) atoms. The van der Waals surface area contributed by atoms with E-state index in [-0.39, 0.29) is 18.6 Å². The molecule has 154 valence electrons. The van der Waals surface area contributed by atoms with Gasteiger partial charge in [0.15, 0.2) is 0 Å². The summed E-state index contributed by atoms with van der Waals surface area (Å²) in [7, 11) is 0. The predicted molar refractivity (Wildman–Crippen MR) is 98.4 cm³/mol. The standard InChI is InChI=1S/C18H25N3O7/c1-18(2,17(28)20-13(16(26)27)7-8-14(23)24)21-15(25)12(19)9-10-3-5-11(22)6-4-10/h3-6,12-13,22H,7-9,19H2,1-2H3,(H,20,28)(H,21,25)(H,23,24)(H,26,27)/t12-,13-/m0/s1. The van der Waals surface area contributed by atoms with Crippen LogP contribution in [0.5, 0.6) is 5.75 Å². The molecule has 0 heterocycles. The van der Waals surface area contributed by atoms with Gasteiger partial charge in [-0.05, 0) is 44.4 Å². The minimum atomic E-state index is -1.47. The largest absolute Gasteiger partial charge is 0.508 e. The van der Waals surface area contributed by atoms with E-state index < -0.39 is 47.8 Å². The second-order valence-corrected chi connectivity index (χ2v) is 6.89. The number of phenols is 1. The molecular weight excluding hydrogens is 370 g/mol. The first kappa shape index (κ1) is 22.9. The second-order valence-electron chi connectivity index (χ2n) is 6.89. The quantitative estimate of drug-likeness (QED) is 0.309. The average Bonchev–Trinajstić information content (AvgIpc) is 2.59. The highest BCUT2D eigenvalue weighted by molar-refractivity contribution is 5.94. The van der Waals surface area contributed by atoms with E-state index in [4.69, 9.17) is 15.9 Å². The van der Waals surface area contributed by atoms with Gasteiger partial charge in [-0.3, -0.25) is 14.4 Å². The molecule has 7 N–H and O–H groups in total. The van der Waals surface area contributed by atoms with Gasteiger partial charge in [0.25, 0.3) is 0 Å². The lowest BCUT2D eigenvalue weighted by atomic mass is 10.0. The number of carboxylic acid groups (broad SMARTS) is 2. The van der Waals surface area contributed by atoms with Crippen molar-refractivity contribution in [3.05, 3.63) is 29.8 Å². The Bertz CT molecular complexity index is 731.